The zero-order valence-corrected chi connectivity index (χ0v) is 12.1. The maximum Gasteiger partial charge on any atom is 0.320 e. The Morgan fingerprint density at radius 1 is 1.48 bits per heavy atom. The number of halogens is 1. The molecular weight excluding hydrogens is 281 g/mol. The van der Waals surface area contributed by atoms with E-state index in [1.807, 2.05) is 0 Å². The summed E-state index contributed by atoms with van der Waals surface area (Å²) in [4.78, 5) is 21.8. The average molecular weight is 303 g/mol. The van der Waals surface area contributed by atoms with Gasteiger partial charge in [0.1, 0.15) is 11.7 Å². The molecule has 120 valence electrons. The minimum absolute atomic E-state index is 0.0173. The Labute approximate surface area is 123 Å². The summed E-state index contributed by atoms with van der Waals surface area (Å²) in [7, 11) is 0. The average Bonchev–Trinajstić information content (AvgIpc) is 2.81. The number of hydrogen-bond acceptors (Lipinski definition) is 5. The lowest BCUT2D eigenvalue weighted by atomic mass is 10.0. The third-order valence-corrected chi connectivity index (χ3v) is 3.10. The number of carbonyl (C=O) groups excluding carboxylic acids is 1. The van der Waals surface area contributed by atoms with Crippen molar-refractivity contribution in [2.24, 2.45) is 0 Å². The fourth-order valence-electron chi connectivity index (χ4n) is 2.03. The molecule has 0 aromatic carbocycles. The molecule has 7 heteroatoms. The molecule has 1 heterocycles. The Balaban J connectivity index is 2.11. The molecule has 0 aliphatic carbocycles. The molecule has 2 unspecified atom stereocenters. The Morgan fingerprint density at radius 2 is 2.24 bits per heavy atom. The van der Waals surface area contributed by atoms with Crippen LogP contribution in [0.4, 0.5) is 4.39 Å². The number of hydrogen-bond donors (Lipinski definition) is 2. The summed E-state index contributed by atoms with van der Waals surface area (Å²) >= 11 is 0. The van der Waals surface area contributed by atoms with Crippen LogP contribution in [0.2, 0.25) is 0 Å². The van der Waals surface area contributed by atoms with Gasteiger partial charge in [-0.25, -0.2) is 4.39 Å². The summed E-state index contributed by atoms with van der Waals surface area (Å²) in [5.41, 5.74) is -1.64. The first kappa shape index (κ1) is 17.6. The van der Waals surface area contributed by atoms with Gasteiger partial charge in [-0.3, -0.25) is 9.59 Å². The second-order valence-corrected chi connectivity index (χ2v) is 4.96. The van der Waals surface area contributed by atoms with Gasteiger partial charge in [-0.05, 0) is 13.3 Å². The van der Waals surface area contributed by atoms with E-state index in [0.29, 0.717) is 19.4 Å². The van der Waals surface area contributed by atoms with Gasteiger partial charge in [0.2, 0.25) is 0 Å². The smallest absolute Gasteiger partial charge is 0.320 e. The Bertz CT molecular complexity index is 388. The molecule has 0 saturated carbocycles. The third-order valence-electron chi connectivity index (χ3n) is 3.10. The van der Waals surface area contributed by atoms with Crippen LogP contribution < -0.4 is 5.32 Å². The van der Waals surface area contributed by atoms with Crippen LogP contribution in [0.1, 0.15) is 26.2 Å². The Kier molecular flexibility index (Phi) is 7.31. The molecule has 0 spiro atoms. The second-order valence-electron chi connectivity index (χ2n) is 4.96. The third kappa shape index (κ3) is 6.68. The van der Waals surface area contributed by atoms with Crippen LogP contribution in [0.15, 0.2) is 12.2 Å². The topological polar surface area (TPSA) is 84.9 Å². The number of aliphatic carboxylic acids is 1. The molecule has 2 N–H and O–H groups in total. The van der Waals surface area contributed by atoms with E-state index < -0.39 is 17.7 Å². The highest BCUT2D eigenvalue weighted by atomic mass is 19.1. The number of esters is 1. The highest BCUT2D eigenvalue weighted by molar-refractivity contribution is 5.74. The summed E-state index contributed by atoms with van der Waals surface area (Å²) in [5.74, 6) is -1.30. The van der Waals surface area contributed by atoms with Crippen LogP contribution >= 0.6 is 0 Å². The predicted octanol–water partition coefficient (Wildman–Crippen LogP) is 1.06. The maximum atomic E-state index is 14.2. The summed E-state index contributed by atoms with van der Waals surface area (Å²) in [6.45, 7) is 2.19. The fourth-order valence-corrected chi connectivity index (χ4v) is 2.03. The van der Waals surface area contributed by atoms with E-state index in [1.54, 1.807) is 19.1 Å². The molecule has 6 nitrogen and oxygen atoms in total. The molecule has 0 aromatic heterocycles. The van der Waals surface area contributed by atoms with Gasteiger partial charge in [0.15, 0.2) is 0 Å². The Hall–Kier alpha value is -1.47. The van der Waals surface area contributed by atoms with Crippen molar-refractivity contribution in [3.05, 3.63) is 12.2 Å². The summed E-state index contributed by atoms with van der Waals surface area (Å²) < 4.78 is 24.1. The first-order chi connectivity index (χ1) is 9.97. The van der Waals surface area contributed by atoms with Crippen molar-refractivity contribution in [2.75, 3.05) is 26.4 Å². The van der Waals surface area contributed by atoms with Crippen LogP contribution in [0.25, 0.3) is 0 Å². The molecular formula is C14H22FNO5. The van der Waals surface area contributed by atoms with Crippen LogP contribution in [-0.4, -0.2) is 55.1 Å². The molecule has 0 bridgehead atoms. The van der Waals surface area contributed by atoms with Crippen LogP contribution in [0.3, 0.4) is 0 Å². The predicted molar refractivity (Wildman–Crippen MR) is 73.7 cm³/mol. The highest BCUT2D eigenvalue weighted by Crippen LogP contribution is 2.24. The highest BCUT2D eigenvalue weighted by Gasteiger charge is 2.42. The summed E-state index contributed by atoms with van der Waals surface area (Å²) in [6, 6.07) is -0.848. The molecule has 0 radical (unpaired) electrons. The van der Waals surface area contributed by atoms with E-state index in [2.05, 4.69) is 5.32 Å². The molecule has 1 rings (SSSR count). The van der Waals surface area contributed by atoms with Crippen molar-refractivity contribution in [1.29, 1.82) is 0 Å². The summed E-state index contributed by atoms with van der Waals surface area (Å²) in [5, 5.41) is 11.4. The SMILES string of the molecule is CCOC(=O)CC/C=C/COCC1(F)CNC(C(=O)O)C1. The fraction of sp³-hybridized carbons (Fsp3) is 0.714. The van der Waals surface area contributed by atoms with Crippen LogP contribution in [0.5, 0.6) is 0 Å². The van der Waals surface area contributed by atoms with Crippen LogP contribution in [0, 0.1) is 0 Å². The van der Waals surface area contributed by atoms with E-state index in [1.165, 1.54) is 0 Å². The van der Waals surface area contributed by atoms with Crippen molar-refractivity contribution in [3.8, 4) is 0 Å². The molecule has 2 atom stereocenters. The largest absolute Gasteiger partial charge is 0.480 e. The van der Waals surface area contributed by atoms with Crippen molar-refractivity contribution in [2.45, 2.75) is 37.9 Å². The van der Waals surface area contributed by atoms with E-state index in [4.69, 9.17) is 14.6 Å². The van der Waals surface area contributed by atoms with Crippen molar-refractivity contribution in [1.82, 2.24) is 5.32 Å². The number of nitrogens with one attached hydrogen (secondary N) is 1. The normalized spacial score (nSPS) is 25.3. The van der Waals surface area contributed by atoms with Gasteiger partial charge in [0, 0.05) is 19.4 Å². The van der Waals surface area contributed by atoms with Crippen molar-refractivity contribution < 1.29 is 28.6 Å². The number of rotatable bonds is 9. The first-order valence-electron chi connectivity index (χ1n) is 7.00. The number of carboxylic acid groups (broad SMARTS) is 1. The van der Waals surface area contributed by atoms with Gasteiger partial charge >= 0.3 is 11.9 Å². The number of alkyl halides is 1. The molecule has 0 aromatic rings. The lowest BCUT2D eigenvalue weighted by Gasteiger charge is -2.17. The maximum absolute atomic E-state index is 14.2. The minimum Gasteiger partial charge on any atom is -0.480 e. The monoisotopic (exact) mass is 303 g/mol. The molecule has 0 amide bonds. The molecule has 1 saturated heterocycles. The van der Waals surface area contributed by atoms with Gasteiger partial charge in [0.05, 0.1) is 19.8 Å². The van der Waals surface area contributed by atoms with E-state index in [-0.39, 0.29) is 32.1 Å². The number of ether oxygens (including phenoxy) is 2. The van der Waals surface area contributed by atoms with Crippen molar-refractivity contribution >= 4 is 11.9 Å². The lowest BCUT2D eigenvalue weighted by Crippen LogP contribution is -2.31. The molecule has 21 heavy (non-hydrogen) atoms. The molecule has 1 fully saturated rings. The van der Waals surface area contributed by atoms with Gasteiger partial charge in [0.25, 0.3) is 0 Å². The Morgan fingerprint density at radius 3 is 2.86 bits per heavy atom. The molecule has 1 aliphatic rings. The number of allylic oxidation sites excluding steroid dienone is 1. The lowest BCUT2D eigenvalue weighted by molar-refractivity contribution is -0.143. The minimum atomic E-state index is -1.64. The van der Waals surface area contributed by atoms with Gasteiger partial charge in [-0.2, -0.15) is 0 Å². The van der Waals surface area contributed by atoms with E-state index in [9.17, 15) is 14.0 Å². The number of carbonyl (C=O) groups is 2. The number of carboxylic acids is 1. The van der Waals surface area contributed by atoms with Crippen molar-refractivity contribution in [3.63, 3.8) is 0 Å². The standard InChI is InChI=1S/C14H22FNO5/c1-2-21-12(17)6-4-3-5-7-20-10-14(15)8-11(13(18)19)16-9-14/h3,5,11,16H,2,4,6-10H2,1H3,(H,18,19)/b5-3+. The zero-order valence-electron chi connectivity index (χ0n) is 12.1. The quantitative estimate of drug-likeness (QED) is 0.376. The second kappa shape index (κ2) is 8.74. The zero-order chi connectivity index (χ0) is 15.7. The summed E-state index contributed by atoms with van der Waals surface area (Å²) in [6.07, 6.45) is 4.25. The van der Waals surface area contributed by atoms with E-state index in [0.717, 1.165) is 0 Å². The first-order valence-corrected chi connectivity index (χ1v) is 7.00. The van der Waals surface area contributed by atoms with Crippen LogP contribution in [-0.2, 0) is 19.1 Å². The van der Waals surface area contributed by atoms with E-state index >= 15 is 0 Å². The molecule has 1 aliphatic heterocycles. The van der Waals surface area contributed by atoms with Gasteiger partial charge < -0.3 is 19.9 Å². The van der Waals surface area contributed by atoms with Gasteiger partial charge in [-0.15, -0.1) is 0 Å². The van der Waals surface area contributed by atoms with Gasteiger partial charge in [-0.1, -0.05) is 12.2 Å².